The van der Waals surface area contributed by atoms with Crippen LogP contribution in [0.2, 0.25) is 0 Å². The van der Waals surface area contributed by atoms with E-state index in [9.17, 15) is 9.59 Å². The normalized spacial score (nSPS) is 48.3. The van der Waals surface area contributed by atoms with Crippen molar-refractivity contribution in [1.29, 1.82) is 0 Å². The van der Waals surface area contributed by atoms with Gasteiger partial charge in [0, 0.05) is 0 Å². The molecule has 62 valence electrons. The fourth-order valence-electron chi connectivity index (χ4n) is 2.70. The summed E-state index contributed by atoms with van der Waals surface area (Å²) in [6.07, 6.45) is 5.06. The molecule has 3 nitrogen and oxygen atoms in total. The maximum absolute atomic E-state index is 11.2. The molecule has 0 amide bonds. The lowest BCUT2D eigenvalue weighted by molar-refractivity contribution is -0.154. The molecule has 0 aromatic rings. The molecule has 1 saturated carbocycles. The molecule has 1 aliphatic heterocycles. The molecule has 1 saturated heterocycles. The third-order valence-electron chi connectivity index (χ3n) is 3.20. The molecular weight excluding hydrogens is 156 g/mol. The average molecular weight is 164 g/mol. The van der Waals surface area contributed by atoms with Crippen molar-refractivity contribution >= 4 is 11.9 Å². The van der Waals surface area contributed by atoms with E-state index in [1.165, 1.54) is 0 Å². The van der Waals surface area contributed by atoms with E-state index >= 15 is 0 Å². The van der Waals surface area contributed by atoms with Gasteiger partial charge in [0.15, 0.2) is 0 Å². The maximum atomic E-state index is 11.2. The summed E-state index contributed by atoms with van der Waals surface area (Å²) in [6.45, 7) is 0. The van der Waals surface area contributed by atoms with Crippen LogP contribution >= 0.6 is 0 Å². The van der Waals surface area contributed by atoms with Crippen molar-refractivity contribution in [2.75, 3.05) is 0 Å². The Labute approximate surface area is 69.4 Å². The number of carbonyl (C=O) groups is 2. The fourth-order valence-corrected chi connectivity index (χ4v) is 2.70. The minimum absolute atomic E-state index is 0.146. The van der Waals surface area contributed by atoms with Crippen LogP contribution in [0, 0.1) is 23.7 Å². The second-order valence-electron chi connectivity index (χ2n) is 3.74. The first-order chi connectivity index (χ1) is 5.77. The smallest absolute Gasteiger partial charge is 0.318 e. The summed E-state index contributed by atoms with van der Waals surface area (Å²) >= 11 is 0. The van der Waals surface area contributed by atoms with Crippen LogP contribution in [0.5, 0.6) is 0 Å². The third-order valence-corrected chi connectivity index (χ3v) is 3.20. The number of esters is 2. The van der Waals surface area contributed by atoms with Crippen molar-refractivity contribution in [1.82, 2.24) is 0 Å². The topological polar surface area (TPSA) is 43.4 Å². The van der Waals surface area contributed by atoms with Crippen molar-refractivity contribution < 1.29 is 14.3 Å². The van der Waals surface area contributed by atoms with Crippen molar-refractivity contribution in [3.8, 4) is 0 Å². The minimum Gasteiger partial charge on any atom is -0.393 e. The molecule has 12 heavy (non-hydrogen) atoms. The number of allylic oxidation sites excluding steroid dienone is 2. The number of hydrogen-bond donors (Lipinski definition) is 0. The first kappa shape index (κ1) is 6.40. The number of hydrogen-bond acceptors (Lipinski definition) is 3. The Morgan fingerprint density at radius 3 is 2.08 bits per heavy atom. The van der Waals surface area contributed by atoms with Crippen LogP contribution in [-0.4, -0.2) is 11.9 Å². The molecule has 0 aromatic heterocycles. The zero-order chi connectivity index (χ0) is 8.29. The van der Waals surface area contributed by atoms with Crippen molar-refractivity contribution in [3.05, 3.63) is 12.2 Å². The van der Waals surface area contributed by atoms with Crippen molar-refractivity contribution in [3.63, 3.8) is 0 Å². The highest BCUT2D eigenvalue weighted by molar-refractivity contribution is 5.98. The number of ether oxygens (including phenoxy) is 1. The molecular formula is C9H8O3. The molecule has 4 atom stereocenters. The summed E-state index contributed by atoms with van der Waals surface area (Å²) in [4.78, 5) is 22.4. The van der Waals surface area contributed by atoms with Gasteiger partial charge in [0.05, 0.1) is 11.8 Å². The molecule has 3 aliphatic rings. The highest BCUT2D eigenvalue weighted by Crippen LogP contribution is 2.51. The molecule has 0 aromatic carbocycles. The number of fused-ring (bicyclic) bond motifs is 5. The van der Waals surface area contributed by atoms with Gasteiger partial charge in [-0.1, -0.05) is 12.2 Å². The molecule has 2 aliphatic carbocycles. The van der Waals surface area contributed by atoms with Gasteiger partial charge < -0.3 is 4.74 Å². The van der Waals surface area contributed by atoms with Gasteiger partial charge in [0.1, 0.15) is 0 Å². The Hall–Kier alpha value is -1.12. The van der Waals surface area contributed by atoms with E-state index in [0.717, 1.165) is 6.42 Å². The molecule has 2 bridgehead atoms. The van der Waals surface area contributed by atoms with Crippen molar-refractivity contribution in [2.45, 2.75) is 6.42 Å². The van der Waals surface area contributed by atoms with E-state index in [4.69, 9.17) is 0 Å². The first-order valence-corrected chi connectivity index (χ1v) is 4.21. The van der Waals surface area contributed by atoms with E-state index in [0.29, 0.717) is 0 Å². The molecule has 0 N–H and O–H groups in total. The fraction of sp³-hybridized carbons (Fsp3) is 0.556. The largest absolute Gasteiger partial charge is 0.393 e. The van der Waals surface area contributed by atoms with Gasteiger partial charge in [-0.05, 0) is 18.3 Å². The number of rotatable bonds is 0. The van der Waals surface area contributed by atoms with Crippen LogP contribution in [0.4, 0.5) is 0 Å². The zero-order valence-electron chi connectivity index (χ0n) is 6.40. The van der Waals surface area contributed by atoms with Gasteiger partial charge in [-0.15, -0.1) is 0 Å². The van der Waals surface area contributed by atoms with Crippen LogP contribution in [0.25, 0.3) is 0 Å². The molecule has 3 heteroatoms. The second kappa shape index (κ2) is 1.79. The van der Waals surface area contributed by atoms with Gasteiger partial charge in [0.2, 0.25) is 0 Å². The third kappa shape index (κ3) is 0.543. The lowest BCUT2D eigenvalue weighted by Crippen LogP contribution is -2.21. The second-order valence-corrected chi connectivity index (χ2v) is 3.74. The van der Waals surface area contributed by atoms with Gasteiger partial charge >= 0.3 is 11.9 Å². The van der Waals surface area contributed by atoms with E-state index in [1.807, 2.05) is 12.2 Å². The minimum atomic E-state index is -0.304. The van der Waals surface area contributed by atoms with Gasteiger partial charge in [-0.25, -0.2) is 0 Å². The van der Waals surface area contributed by atoms with E-state index in [2.05, 4.69) is 4.74 Å². The lowest BCUT2D eigenvalue weighted by atomic mass is 9.85. The molecule has 0 spiro atoms. The predicted molar refractivity (Wildman–Crippen MR) is 38.8 cm³/mol. The zero-order valence-corrected chi connectivity index (χ0v) is 6.40. The van der Waals surface area contributed by atoms with Crippen LogP contribution in [0.1, 0.15) is 6.42 Å². The van der Waals surface area contributed by atoms with Crippen LogP contribution in [0.3, 0.4) is 0 Å². The molecule has 0 radical (unpaired) electrons. The Balaban J connectivity index is 2.08. The Morgan fingerprint density at radius 1 is 1.08 bits per heavy atom. The monoisotopic (exact) mass is 164 g/mol. The average Bonchev–Trinajstić information content (AvgIpc) is 2.64. The Bertz CT molecular complexity index is 277. The van der Waals surface area contributed by atoms with Crippen LogP contribution in [-0.2, 0) is 14.3 Å². The first-order valence-electron chi connectivity index (χ1n) is 4.21. The van der Waals surface area contributed by atoms with Gasteiger partial charge in [-0.2, -0.15) is 0 Å². The standard InChI is InChI=1S/C9H8O3/c10-8-6-4-1-2-5(3-4)7(6)9(11)12-8/h1-2,4-7H,3H2/t4-,5?,6+,7-/m1/s1. The Kier molecular flexibility index (Phi) is 0.953. The van der Waals surface area contributed by atoms with Crippen LogP contribution < -0.4 is 0 Å². The molecule has 3 rings (SSSR count). The highest BCUT2D eigenvalue weighted by Gasteiger charge is 2.57. The maximum Gasteiger partial charge on any atom is 0.318 e. The van der Waals surface area contributed by atoms with Crippen molar-refractivity contribution in [2.24, 2.45) is 23.7 Å². The quantitative estimate of drug-likeness (QED) is 0.297. The SMILES string of the molecule is O=C1OC(=O)[C@@H]2C3C=C[C@H](C3)[C@H]12. The van der Waals surface area contributed by atoms with E-state index < -0.39 is 0 Å². The summed E-state index contributed by atoms with van der Waals surface area (Å²) in [5.74, 6) is -0.346. The lowest BCUT2D eigenvalue weighted by Gasteiger charge is -2.12. The Morgan fingerprint density at radius 2 is 1.58 bits per heavy atom. The summed E-state index contributed by atoms with van der Waals surface area (Å²) in [5, 5.41) is 0. The van der Waals surface area contributed by atoms with Gasteiger partial charge in [-0.3, -0.25) is 9.59 Å². The molecule has 1 heterocycles. The number of cyclic esters (lactones) is 2. The number of carbonyl (C=O) groups excluding carboxylic acids is 2. The summed E-state index contributed by atoms with van der Waals surface area (Å²) in [5.41, 5.74) is 0. The van der Waals surface area contributed by atoms with E-state index in [-0.39, 0.29) is 35.6 Å². The van der Waals surface area contributed by atoms with Crippen LogP contribution in [0.15, 0.2) is 12.2 Å². The summed E-state index contributed by atoms with van der Waals surface area (Å²) in [6, 6.07) is 0. The highest BCUT2D eigenvalue weighted by atomic mass is 16.6. The predicted octanol–water partition coefficient (Wildman–Crippen LogP) is 0.508. The van der Waals surface area contributed by atoms with E-state index in [1.54, 1.807) is 0 Å². The summed E-state index contributed by atoms with van der Waals surface area (Å²) < 4.78 is 4.59. The molecule has 1 unspecified atom stereocenters. The summed E-state index contributed by atoms with van der Waals surface area (Å²) in [7, 11) is 0. The molecule has 2 fully saturated rings. The van der Waals surface area contributed by atoms with Gasteiger partial charge in [0.25, 0.3) is 0 Å².